The lowest BCUT2D eigenvalue weighted by molar-refractivity contribution is -0.134. The zero-order valence-corrected chi connectivity index (χ0v) is 41.4. The Balaban J connectivity index is 5.30. The number of aliphatic hydroxyl groups excluding tert-OH is 2. The fourth-order valence-corrected chi connectivity index (χ4v) is 7.91. The van der Waals surface area contributed by atoms with Crippen LogP contribution in [-0.2, 0) is 33.5 Å². The Kier molecular flexibility index (Phi) is 28.4. The molecular formula is C43H81N7O10S2. The second-order valence-electron chi connectivity index (χ2n) is 18.9. The molecule has 7 amide bonds. The molecule has 0 aliphatic rings. The van der Waals surface area contributed by atoms with E-state index < -0.39 is 84.2 Å². The largest absolute Gasteiger partial charge is 0.444 e. The molecule has 0 aliphatic heterocycles. The quantitative estimate of drug-likeness (QED) is 0.0387. The molecule has 0 radical (unpaired) electrons. The summed E-state index contributed by atoms with van der Waals surface area (Å²) in [5, 5.41) is 41.4. The summed E-state index contributed by atoms with van der Waals surface area (Å²) in [6, 6.07) is -4.58. The molecule has 62 heavy (non-hydrogen) atoms. The lowest BCUT2D eigenvalue weighted by atomic mass is 9.95. The molecule has 0 rings (SSSR count). The molecule has 0 aromatic heterocycles. The number of ether oxygens (including phenoxy) is 1. The molecule has 19 heteroatoms. The van der Waals surface area contributed by atoms with E-state index in [2.05, 4.69) is 37.2 Å². The average Bonchev–Trinajstić information content (AvgIpc) is 3.11. The van der Waals surface area contributed by atoms with Gasteiger partial charge in [-0.1, -0.05) is 90.8 Å². The van der Waals surface area contributed by atoms with Gasteiger partial charge < -0.3 is 52.2 Å². The monoisotopic (exact) mass is 920 g/mol. The van der Waals surface area contributed by atoms with Gasteiger partial charge in [0.25, 0.3) is 0 Å². The van der Waals surface area contributed by atoms with Crippen LogP contribution >= 0.6 is 21.6 Å². The average molecular weight is 920 g/mol. The minimum absolute atomic E-state index is 0.00634. The molecule has 0 heterocycles. The van der Waals surface area contributed by atoms with E-state index in [9.17, 15) is 43.8 Å². The van der Waals surface area contributed by atoms with Crippen LogP contribution in [0.15, 0.2) is 0 Å². The molecule has 0 unspecified atom stereocenters. The number of hydrogen-bond donors (Lipinski definition) is 9. The standard InChI is InChI=1S/C43H81N7O10S2/c1-24(2)19-30(32(51)22-34(53)44-15-17-61-62-18-16-45-42(59)60-43(12,13)14)47-39(56)29(11)46-36(55)23-33(52)31(20-25(3)4)48-40(57)38(28(9)10)50-41(58)37(27(7)8)49-35(54)21-26(5)6/h24-33,37-38,51-52H,15-23H2,1-14H3,(H,44,53)(H,45,59)(H,46,55)(H,47,56)(H,48,57)(H,49,54)(H,50,58)/t29-,30-,31-,32-,33-,37-,38-/m0/s1. The van der Waals surface area contributed by atoms with Crippen molar-refractivity contribution < 1.29 is 48.5 Å². The molecule has 7 atom stereocenters. The first-order valence-corrected chi connectivity index (χ1v) is 24.5. The molecule has 0 saturated carbocycles. The molecule has 0 fully saturated rings. The van der Waals surface area contributed by atoms with Gasteiger partial charge in [0.05, 0.1) is 37.1 Å². The number of nitrogens with one attached hydrogen (secondary N) is 7. The summed E-state index contributed by atoms with van der Waals surface area (Å²) in [5.41, 5.74) is -0.569. The second kappa shape index (κ2) is 30.0. The van der Waals surface area contributed by atoms with Crippen molar-refractivity contribution in [1.29, 1.82) is 0 Å². The van der Waals surface area contributed by atoms with Crippen molar-refractivity contribution in [1.82, 2.24) is 37.2 Å². The number of aliphatic hydroxyl groups is 2. The van der Waals surface area contributed by atoms with Crippen LogP contribution in [0.1, 0.15) is 129 Å². The summed E-state index contributed by atoms with van der Waals surface area (Å²) < 4.78 is 5.20. The second-order valence-corrected chi connectivity index (χ2v) is 21.6. The van der Waals surface area contributed by atoms with Gasteiger partial charge in [0.1, 0.15) is 23.7 Å². The van der Waals surface area contributed by atoms with Gasteiger partial charge in [0.2, 0.25) is 35.4 Å². The minimum atomic E-state index is -1.34. The topological polar surface area (TPSA) is 253 Å². The molecule has 0 spiro atoms. The van der Waals surface area contributed by atoms with E-state index in [1.165, 1.54) is 28.5 Å². The highest BCUT2D eigenvalue weighted by Crippen LogP contribution is 2.20. The molecule has 0 bridgehead atoms. The fourth-order valence-electron chi connectivity index (χ4n) is 6.10. The molecule has 9 N–H and O–H groups in total. The highest BCUT2D eigenvalue weighted by molar-refractivity contribution is 8.76. The lowest BCUT2D eigenvalue weighted by Gasteiger charge is -2.31. The smallest absolute Gasteiger partial charge is 0.407 e. The molecular weight excluding hydrogens is 839 g/mol. The van der Waals surface area contributed by atoms with Crippen LogP contribution in [0.25, 0.3) is 0 Å². The van der Waals surface area contributed by atoms with Crippen LogP contribution in [0, 0.1) is 29.6 Å². The van der Waals surface area contributed by atoms with Gasteiger partial charge in [0, 0.05) is 31.0 Å². The van der Waals surface area contributed by atoms with Crippen LogP contribution in [-0.4, -0.2) is 124 Å². The predicted molar refractivity (Wildman–Crippen MR) is 247 cm³/mol. The third-order valence-corrected chi connectivity index (χ3v) is 11.6. The van der Waals surface area contributed by atoms with Crippen molar-refractivity contribution in [3.63, 3.8) is 0 Å². The summed E-state index contributed by atoms with van der Waals surface area (Å²) in [4.78, 5) is 90.3. The van der Waals surface area contributed by atoms with Crippen molar-refractivity contribution in [2.24, 2.45) is 29.6 Å². The van der Waals surface area contributed by atoms with Gasteiger partial charge in [-0.2, -0.15) is 0 Å². The molecule has 0 saturated heterocycles. The summed E-state index contributed by atoms with van der Waals surface area (Å²) in [6.45, 7) is 26.2. The number of amides is 7. The minimum Gasteiger partial charge on any atom is -0.444 e. The number of hydrogen-bond acceptors (Lipinski definition) is 12. The maximum Gasteiger partial charge on any atom is 0.407 e. The number of alkyl carbamates (subject to hydrolysis) is 1. The third kappa shape index (κ3) is 27.0. The van der Waals surface area contributed by atoms with E-state index in [0.717, 1.165) is 0 Å². The van der Waals surface area contributed by atoms with Crippen molar-refractivity contribution in [2.45, 2.75) is 177 Å². The third-order valence-electron chi connectivity index (χ3n) is 9.15. The van der Waals surface area contributed by atoms with Crippen molar-refractivity contribution in [3.05, 3.63) is 0 Å². The Labute approximate surface area is 378 Å². The van der Waals surface area contributed by atoms with E-state index in [1.807, 2.05) is 41.5 Å². The Morgan fingerprint density at radius 3 is 1.39 bits per heavy atom. The SMILES string of the molecule is CC(C)CC(=O)N[C@H](C(=O)N[C@H](C(=O)N[C@@H](CC(C)C)[C@@H](O)CC(=O)N[C@@H](C)C(=O)N[C@@H](CC(C)C)[C@@H](O)CC(=O)NCCSSCCNC(=O)OC(C)(C)C)C(C)C)C(C)C. The van der Waals surface area contributed by atoms with Crippen LogP contribution < -0.4 is 37.2 Å². The van der Waals surface area contributed by atoms with Crippen molar-refractivity contribution in [3.8, 4) is 0 Å². The Morgan fingerprint density at radius 2 is 0.935 bits per heavy atom. The maximum absolute atomic E-state index is 13.6. The van der Waals surface area contributed by atoms with E-state index in [-0.39, 0.29) is 54.2 Å². The first-order valence-electron chi connectivity index (χ1n) is 22.0. The Hall–Kier alpha value is -3.29. The van der Waals surface area contributed by atoms with Crippen LogP contribution in [0.5, 0.6) is 0 Å². The number of rotatable bonds is 29. The van der Waals surface area contributed by atoms with Crippen molar-refractivity contribution in [2.75, 3.05) is 24.6 Å². The van der Waals surface area contributed by atoms with E-state index in [4.69, 9.17) is 4.74 Å². The normalized spacial score (nSPS) is 15.2. The fraction of sp³-hybridized carbons (Fsp3) is 0.837. The van der Waals surface area contributed by atoms with Gasteiger partial charge in [-0.05, 0) is 70.1 Å². The highest BCUT2D eigenvalue weighted by Gasteiger charge is 2.34. The van der Waals surface area contributed by atoms with Gasteiger partial charge in [-0.3, -0.25) is 28.8 Å². The summed E-state index contributed by atoms with van der Waals surface area (Å²) in [6.07, 6.45) is -2.79. The summed E-state index contributed by atoms with van der Waals surface area (Å²) >= 11 is 0. The summed E-state index contributed by atoms with van der Waals surface area (Å²) in [7, 11) is 3.06. The Morgan fingerprint density at radius 1 is 0.516 bits per heavy atom. The molecule has 360 valence electrons. The highest BCUT2D eigenvalue weighted by atomic mass is 33.1. The summed E-state index contributed by atoms with van der Waals surface area (Å²) in [5.74, 6) is -2.15. The van der Waals surface area contributed by atoms with Gasteiger partial charge in [0.15, 0.2) is 0 Å². The van der Waals surface area contributed by atoms with Crippen LogP contribution in [0.3, 0.4) is 0 Å². The van der Waals surface area contributed by atoms with Crippen molar-refractivity contribution >= 4 is 63.1 Å². The van der Waals surface area contributed by atoms with Gasteiger partial charge >= 0.3 is 6.09 Å². The zero-order valence-electron chi connectivity index (χ0n) is 39.8. The first-order chi connectivity index (χ1) is 28.6. The van der Waals surface area contributed by atoms with E-state index in [0.29, 0.717) is 37.4 Å². The van der Waals surface area contributed by atoms with Crippen LogP contribution in [0.2, 0.25) is 0 Å². The van der Waals surface area contributed by atoms with E-state index in [1.54, 1.807) is 48.5 Å². The van der Waals surface area contributed by atoms with Crippen LogP contribution in [0.4, 0.5) is 4.79 Å². The zero-order chi connectivity index (χ0) is 47.9. The molecule has 0 aliphatic carbocycles. The number of carbonyl (C=O) groups excluding carboxylic acids is 7. The molecule has 17 nitrogen and oxygen atoms in total. The molecule has 0 aromatic carbocycles. The van der Waals surface area contributed by atoms with Gasteiger partial charge in [-0.15, -0.1) is 0 Å². The first kappa shape index (κ1) is 58.7. The Bertz CT molecular complexity index is 1410. The predicted octanol–water partition coefficient (Wildman–Crippen LogP) is 3.40. The molecule has 0 aromatic rings. The van der Waals surface area contributed by atoms with E-state index >= 15 is 0 Å². The van der Waals surface area contributed by atoms with Gasteiger partial charge in [-0.25, -0.2) is 4.79 Å². The lowest BCUT2D eigenvalue weighted by Crippen LogP contribution is -2.59. The number of carbonyl (C=O) groups is 7. The maximum atomic E-state index is 13.6.